The van der Waals surface area contributed by atoms with Crippen molar-refractivity contribution in [2.75, 3.05) is 5.32 Å². The van der Waals surface area contributed by atoms with Gasteiger partial charge in [-0.3, -0.25) is 0 Å². The molecule has 4 aromatic rings. The van der Waals surface area contributed by atoms with E-state index in [0.717, 1.165) is 27.8 Å². The Balaban J connectivity index is 1.68. The van der Waals surface area contributed by atoms with Crippen LogP contribution >= 0.6 is 0 Å². The summed E-state index contributed by atoms with van der Waals surface area (Å²) in [5, 5.41) is 18.2. The lowest BCUT2D eigenvalue weighted by atomic mass is 10.1. The SMILES string of the molecule is OCc1cc2ccccc2nc1NCc1ccnc2ccnn12. The molecule has 2 N–H and O–H groups in total. The molecular formula is C17H15N5O. The maximum Gasteiger partial charge on any atom is 0.155 e. The van der Waals surface area contributed by atoms with Gasteiger partial charge in [-0.25, -0.2) is 14.5 Å². The van der Waals surface area contributed by atoms with Crippen LogP contribution in [-0.2, 0) is 13.2 Å². The van der Waals surface area contributed by atoms with Gasteiger partial charge in [-0.2, -0.15) is 5.10 Å². The molecule has 0 atom stereocenters. The van der Waals surface area contributed by atoms with Gasteiger partial charge in [0.05, 0.1) is 30.6 Å². The number of pyridine rings is 1. The molecule has 0 saturated carbocycles. The molecule has 3 heterocycles. The first kappa shape index (κ1) is 13.7. The lowest BCUT2D eigenvalue weighted by Crippen LogP contribution is -2.09. The predicted octanol–water partition coefficient (Wildman–Crippen LogP) is 2.38. The lowest BCUT2D eigenvalue weighted by Gasteiger charge is -2.12. The number of anilines is 1. The fourth-order valence-corrected chi connectivity index (χ4v) is 2.63. The van der Waals surface area contributed by atoms with Crippen molar-refractivity contribution < 1.29 is 5.11 Å². The van der Waals surface area contributed by atoms with Crippen molar-refractivity contribution in [3.63, 3.8) is 0 Å². The van der Waals surface area contributed by atoms with Crippen LogP contribution in [0.5, 0.6) is 0 Å². The monoisotopic (exact) mass is 305 g/mol. The van der Waals surface area contributed by atoms with Crippen LogP contribution in [0.25, 0.3) is 16.6 Å². The van der Waals surface area contributed by atoms with Crippen molar-refractivity contribution in [1.82, 2.24) is 19.6 Å². The van der Waals surface area contributed by atoms with Crippen molar-refractivity contribution in [3.8, 4) is 0 Å². The van der Waals surface area contributed by atoms with E-state index in [9.17, 15) is 5.11 Å². The van der Waals surface area contributed by atoms with E-state index >= 15 is 0 Å². The number of nitrogens with one attached hydrogen (secondary N) is 1. The van der Waals surface area contributed by atoms with Crippen LogP contribution in [0.1, 0.15) is 11.3 Å². The summed E-state index contributed by atoms with van der Waals surface area (Å²) in [6.07, 6.45) is 3.48. The van der Waals surface area contributed by atoms with Gasteiger partial charge in [0.2, 0.25) is 0 Å². The summed E-state index contributed by atoms with van der Waals surface area (Å²) in [5.41, 5.74) is 3.44. The molecule has 1 aromatic carbocycles. The molecule has 6 heteroatoms. The van der Waals surface area contributed by atoms with Gasteiger partial charge >= 0.3 is 0 Å². The number of rotatable bonds is 4. The van der Waals surface area contributed by atoms with E-state index in [0.29, 0.717) is 12.4 Å². The molecule has 0 aliphatic carbocycles. The zero-order valence-corrected chi connectivity index (χ0v) is 12.3. The van der Waals surface area contributed by atoms with Crippen molar-refractivity contribution in [3.05, 3.63) is 66.1 Å². The van der Waals surface area contributed by atoms with Crippen LogP contribution in [0.2, 0.25) is 0 Å². The van der Waals surface area contributed by atoms with Gasteiger partial charge in [-0.15, -0.1) is 0 Å². The molecule has 114 valence electrons. The van der Waals surface area contributed by atoms with Gasteiger partial charge in [-0.05, 0) is 18.2 Å². The maximum absolute atomic E-state index is 9.61. The highest BCUT2D eigenvalue weighted by atomic mass is 16.3. The molecular weight excluding hydrogens is 290 g/mol. The smallest absolute Gasteiger partial charge is 0.155 e. The largest absolute Gasteiger partial charge is 0.392 e. The summed E-state index contributed by atoms with van der Waals surface area (Å²) in [7, 11) is 0. The van der Waals surface area contributed by atoms with E-state index in [1.54, 1.807) is 16.9 Å². The molecule has 6 nitrogen and oxygen atoms in total. The summed E-state index contributed by atoms with van der Waals surface area (Å²) in [6, 6.07) is 13.6. The number of aliphatic hydroxyl groups excluding tert-OH is 1. The van der Waals surface area contributed by atoms with Gasteiger partial charge in [0.25, 0.3) is 0 Å². The Morgan fingerprint density at radius 1 is 1.09 bits per heavy atom. The van der Waals surface area contributed by atoms with Crippen LogP contribution in [0, 0.1) is 0 Å². The summed E-state index contributed by atoms with van der Waals surface area (Å²) in [6.45, 7) is 0.479. The molecule has 0 aliphatic heterocycles. The first-order valence-corrected chi connectivity index (χ1v) is 7.36. The normalized spacial score (nSPS) is 11.2. The first-order chi connectivity index (χ1) is 11.3. The van der Waals surface area contributed by atoms with E-state index in [2.05, 4.69) is 20.4 Å². The number of benzene rings is 1. The van der Waals surface area contributed by atoms with Gasteiger partial charge in [0.15, 0.2) is 5.65 Å². The summed E-state index contributed by atoms with van der Waals surface area (Å²) < 4.78 is 1.78. The fourth-order valence-electron chi connectivity index (χ4n) is 2.63. The maximum atomic E-state index is 9.61. The minimum absolute atomic E-state index is 0.0618. The van der Waals surface area contributed by atoms with Crippen LogP contribution in [-0.4, -0.2) is 24.7 Å². The quantitative estimate of drug-likeness (QED) is 0.605. The van der Waals surface area contributed by atoms with Gasteiger partial charge in [-0.1, -0.05) is 18.2 Å². The van der Waals surface area contributed by atoms with Crippen LogP contribution in [0.15, 0.2) is 54.9 Å². The van der Waals surface area contributed by atoms with Crippen LogP contribution < -0.4 is 5.32 Å². The third kappa shape index (κ3) is 2.49. The van der Waals surface area contributed by atoms with Crippen LogP contribution in [0.4, 0.5) is 5.82 Å². The highest BCUT2D eigenvalue weighted by Crippen LogP contribution is 2.21. The minimum Gasteiger partial charge on any atom is -0.392 e. The molecule has 0 bridgehead atoms. The average Bonchev–Trinajstić information content (AvgIpc) is 3.08. The third-order valence-corrected chi connectivity index (χ3v) is 3.78. The van der Waals surface area contributed by atoms with E-state index in [-0.39, 0.29) is 6.61 Å². The topological polar surface area (TPSA) is 75.3 Å². The molecule has 0 spiro atoms. The molecule has 23 heavy (non-hydrogen) atoms. The lowest BCUT2D eigenvalue weighted by molar-refractivity contribution is 0.282. The molecule has 0 aliphatic rings. The second kappa shape index (κ2) is 5.66. The highest BCUT2D eigenvalue weighted by Gasteiger charge is 2.08. The zero-order valence-electron chi connectivity index (χ0n) is 12.3. The number of fused-ring (bicyclic) bond motifs is 2. The molecule has 0 radical (unpaired) electrons. The van der Waals surface area contributed by atoms with E-state index in [4.69, 9.17) is 0 Å². The van der Waals surface area contributed by atoms with Gasteiger partial charge in [0, 0.05) is 23.2 Å². The summed E-state index contributed by atoms with van der Waals surface area (Å²) in [4.78, 5) is 8.86. The molecule has 0 amide bonds. The number of hydrogen-bond acceptors (Lipinski definition) is 5. The summed E-state index contributed by atoms with van der Waals surface area (Å²) in [5.74, 6) is 0.684. The standard InChI is InChI=1S/C17H15N5O/c23-11-13-9-12-3-1-2-4-15(12)21-17(13)19-10-14-5-7-18-16-6-8-20-22(14)16/h1-9,23H,10-11H2,(H,19,21). The van der Waals surface area contributed by atoms with E-state index in [1.165, 1.54) is 0 Å². The third-order valence-electron chi connectivity index (χ3n) is 3.78. The number of aliphatic hydroxyl groups is 1. The second-order valence-electron chi connectivity index (χ2n) is 5.24. The molecule has 3 aromatic heterocycles. The minimum atomic E-state index is -0.0618. The van der Waals surface area contributed by atoms with Crippen molar-refractivity contribution in [1.29, 1.82) is 0 Å². The Morgan fingerprint density at radius 3 is 2.91 bits per heavy atom. The molecule has 0 fully saturated rings. The molecule has 4 rings (SSSR count). The Bertz CT molecular complexity index is 979. The number of aromatic nitrogens is 4. The number of para-hydroxylation sites is 1. The van der Waals surface area contributed by atoms with E-state index in [1.807, 2.05) is 42.5 Å². The predicted molar refractivity (Wildman–Crippen MR) is 88.0 cm³/mol. The Morgan fingerprint density at radius 2 is 2.00 bits per heavy atom. The van der Waals surface area contributed by atoms with Crippen molar-refractivity contribution in [2.45, 2.75) is 13.2 Å². The van der Waals surface area contributed by atoms with Crippen molar-refractivity contribution in [2.24, 2.45) is 0 Å². The van der Waals surface area contributed by atoms with Crippen molar-refractivity contribution >= 4 is 22.4 Å². The highest BCUT2D eigenvalue weighted by molar-refractivity contribution is 5.81. The Kier molecular flexibility index (Phi) is 3.36. The number of nitrogens with zero attached hydrogens (tertiary/aromatic N) is 4. The molecule has 0 saturated heterocycles. The first-order valence-electron chi connectivity index (χ1n) is 7.36. The van der Waals surface area contributed by atoms with Gasteiger partial charge in [0.1, 0.15) is 5.82 Å². The average molecular weight is 305 g/mol. The van der Waals surface area contributed by atoms with Crippen LogP contribution in [0.3, 0.4) is 0 Å². The fraction of sp³-hybridized carbons (Fsp3) is 0.118. The Labute approximate surface area is 132 Å². The Hall–Kier alpha value is -2.99. The zero-order chi connectivity index (χ0) is 15.6. The number of hydrogen-bond donors (Lipinski definition) is 2. The van der Waals surface area contributed by atoms with E-state index < -0.39 is 0 Å². The molecule has 0 unspecified atom stereocenters. The summed E-state index contributed by atoms with van der Waals surface area (Å²) >= 11 is 0. The van der Waals surface area contributed by atoms with Gasteiger partial charge < -0.3 is 10.4 Å². The second-order valence-corrected chi connectivity index (χ2v) is 5.24.